The van der Waals surface area contributed by atoms with Gasteiger partial charge in [0.05, 0.1) is 22.4 Å². The fraction of sp³-hybridized carbons (Fsp3) is 0.143. The summed E-state index contributed by atoms with van der Waals surface area (Å²) in [6.45, 7) is 0. The molecule has 2 heterocycles. The predicted octanol–water partition coefficient (Wildman–Crippen LogP) is 3.40. The Bertz CT molecular complexity index is 1310. The van der Waals surface area contributed by atoms with Crippen LogP contribution in [0.1, 0.15) is 5.56 Å². The number of phenols is 1. The molecule has 0 amide bonds. The van der Waals surface area contributed by atoms with Crippen molar-refractivity contribution in [2.75, 3.05) is 26.1 Å². The number of halogens is 1. The smallest absolute Gasteiger partial charge is 0.274 e. The van der Waals surface area contributed by atoms with Gasteiger partial charge in [-0.1, -0.05) is 35.1 Å². The minimum absolute atomic E-state index is 0.125. The molecule has 6 nitrogen and oxygen atoms in total. The zero-order valence-electron chi connectivity index (χ0n) is 16.0. The number of fused-ring (bicyclic) bond motifs is 1. The van der Waals surface area contributed by atoms with Crippen LogP contribution in [-0.4, -0.2) is 35.7 Å². The molecule has 2 aromatic carbocycles. The Hall–Kier alpha value is -3.03. The first kappa shape index (κ1) is 19.3. The SMILES string of the molecule is COc1cc(/C=c2\sc3nc(-c4ccc(N(C)C)cc4)cn3c2=O)cc(Cl)c1O. The first-order valence-electron chi connectivity index (χ1n) is 8.75. The van der Waals surface area contributed by atoms with E-state index in [0.717, 1.165) is 16.9 Å². The number of benzene rings is 2. The number of aromatic hydroxyl groups is 1. The van der Waals surface area contributed by atoms with Crippen LogP contribution in [0.4, 0.5) is 5.69 Å². The number of hydrogen-bond acceptors (Lipinski definition) is 6. The summed E-state index contributed by atoms with van der Waals surface area (Å²) in [7, 11) is 5.42. The summed E-state index contributed by atoms with van der Waals surface area (Å²) >= 11 is 7.33. The Balaban J connectivity index is 1.75. The normalized spacial score (nSPS) is 11.9. The van der Waals surface area contributed by atoms with E-state index in [9.17, 15) is 9.90 Å². The molecule has 8 heteroatoms. The van der Waals surface area contributed by atoms with Gasteiger partial charge in [-0.25, -0.2) is 4.98 Å². The van der Waals surface area contributed by atoms with Crippen molar-refractivity contribution in [3.8, 4) is 22.8 Å². The zero-order chi connectivity index (χ0) is 20.7. The number of aromatic nitrogens is 2. The van der Waals surface area contributed by atoms with E-state index in [-0.39, 0.29) is 22.1 Å². The van der Waals surface area contributed by atoms with E-state index in [1.807, 2.05) is 43.3 Å². The average Bonchev–Trinajstić information content (AvgIpc) is 3.24. The quantitative estimate of drug-likeness (QED) is 0.540. The summed E-state index contributed by atoms with van der Waals surface area (Å²) in [5.74, 6) is 0.126. The number of nitrogens with zero attached hydrogens (tertiary/aromatic N) is 3. The lowest BCUT2D eigenvalue weighted by molar-refractivity contribution is 0.373. The molecule has 0 radical (unpaired) electrons. The highest BCUT2D eigenvalue weighted by molar-refractivity contribution is 7.15. The summed E-state index contributed by atoms with van der Waals surface area (Å²) in [6.07, 6.45) is 3.46. The molecule has 0 atom stereocenters. The molecule has 0 aliphatic rings. The molecule has 4 aromatic rings. The van der Waals surface area contributed by atoms with Crippen LogP contribution < -0.4 is 19.7 Å². The van der Waals surface area contributed by atoms with Gasteiger partial charge in [0.2, 0.25) is 0 Å². The first-order chi connectivity index (χ1) is 13.9. The zero-order valence-corrected chi connectivity index (χ0v) is 17.6. The topological polar surface area (TPSA) is 67.1 Å². The molecule has 4 rings (SSSR count). The van der Waals surface area contributed by atoms with Crippen molar-refractivity contribution in [2.45, 2.75) is 0 Å². The summed E-state index contributed by atoms with van der Waals surface area (Å²) in [5.41, 5.74) is 3.30. The van der Waals surface area contributed by atoms with Crippen molar-refractivity contribution < 1.29 is 9.84 Å². The van der Waals surface area contributed by atoms with Crippen molar-refractivity contribution in [1.29, 1.82) is 0 Å². The number of anilines is 1. The van der Waals surface area contributed by atoms with Crippen LogP contribution in [0.5, 0.6) is 11.5 Å². The van der Waals surface area contributed by atoms with Crippen LogP contribution in [0.3, 0.4) is 0 Å². The second-order valence-electron chi connectivity index (χ2n) is 6.69. The number of rotatable bonds is 4. The second kappa shape index (κ2) is 7.42. The summed E-state index contributed by atoms with van der Waals surface area (Å²) in [4.78, 5) is 20.1. The van der Waals surface area contributed by atoms with Gasteiger partial charge in [-0.2, -0.15) is 0 Å². The molecular weight excluding hydrogens is 410 g/mol. The molecule has 0 unspecified atom stereocenters. The molecule has 0 aliphatic carbocycles. The molecule has 0 bridgehead atoms. The molecule has 0 saturated carbocycles. The van der Waals surface area contributed by atoms with Gasteiger partial charge in [0.1, 0.15) is 0 Å². The number of thiazole rings is 1. The van der Waals surface area contributed by atoms with Gasteiger partial charge >= 0.3 is 0 Å². The first-order valence-corrected chi connectivity index (χ1v) is 9.94. The van der Waals surface area contributed by atoms with E-state index in [1.54, 1.807) is 28.8 Å². The van der Waals surface area contributed by atoms with Crippen molar-refractivity contribution in [3.05, 3.63) is 68.1 Å². The molecule has 0 saturated heterocycles. The van der Waals surface area contributed by atoms with Crippen molar-refractivity contribution in [3.63, 3.8) is 0 Å². The Morgan fingerprint density at radius 1 is 1.24 bits per heavy atom. The fourth-order valence-corrected chi connectivity index (χ4v) is 4.16. The van der Waals surface area contributed by atoms with Crippen LogP contribution in [0.25, 0.3) is 22.3 Å². The third-order valence-electron chi connectivity index (χ3n) is 4.55. The van der Waals surface area contributed by atoms with Gasteiger partial charge in [0, 0.05) is 31.5 Å². The van der Waals surface area contributed by atoms with Gasteiger partial charge in [-0.15, -0.1) is 0 Å². The standard InChI is InChI=1S/C21H18ClN3O3S/c1-24(2)14-6-4-13(5-7-14)16-11-25-20(27)18(29-21(25)23-16)10-12-8-15(22)19(26)17(9-12)28-3/h4-11,26H,1-3H3/b18-10-. The molecule has 148 valence electrons. The number of imidazole rings is 1. The number of phenolic OH excluding ortho intramolecular Hbond substituents is 1. The van der Waals surface area contributed by atoms with Gasteiger partial charge < -0.3 is 14.7 Å². The maximum absolute atomic E-state index is 12.8. The van der Waals surface area contributed by atoms with Crippen LogP contribution in [0.15, 0.2) is 47.4 Å². The molecule has 2 aromatic heterocycles. The van der Waals surface area contributed by atoms with Gasteiger partial charge in [-0.3, -0.25) is 9.20 Å². The largest absolute Gasteiger partial charge is 0.503 e. The van der Waals surface area contributed by atoms with E-state index in [4.69, 9.17) is 16.3 Å². The average molecular weight is 428 g/mol. The summed E-state index contributed by atoms with van der Waals surface area (Å²) < 4.78 is 7.18. The van der Waals surface area contributed by atoms with Gasteiger partial charge in [-0.05, 0) is 35.9 Å². The van der Waals surface area contributed by atoms with Crippen LogP contribution >= 0.6 is 22.9 Å². The van der Waals surface area contributed by atoms with Crippen LogP contribution in [-0.2, 0) is 0 Å². The lowest BCUT2D eigenvalue weighted by atomic mass is 10.1. The van der Waals surface area contributed by atoms with Crippen molar-refractivity contribution >= 4 is 39.7 Å². The second-order valence-corrected chi connectivity index (χ2v) is 8.11. The molecule has 29 heavy (non-hydrogen) atoms. The minimum Gasteiger partial charge on any atom is -0.503 e. The highest BCUT2D eigenvalue weighted by atomic mass is 35.5. The summed E-state index contributed by atoms with van der Waals surface area (Å²) in [5, 5.41) is 10.0. The van der Waals surface area contributed by atoms with Gasteiger partial charge in [0.25, 0.3) is 5.56 Å². The highest BCUT2D eigenvalue weighted by Crippen LogP contribution is 2.35. The van der Waals surface area contributed by atoms with E-state index < -0.39 is 0 Å². The Morgan fingerprint density at radius 2 is 1.97 bits per heavy atom. The van der Waals surface area contributed by atoms with E-state index in [1.165, 1.54) is 18.4 Å². The van der Waals surface area contributed by atoms with Gasteiger partial charge in [0.15, 0.2) is 16.5 Å². The van der Waals surface area contributed by atoms with Crippen molar-refractivity contribution in [2.24, 2.45) is 0 Å². The number of methoxy groups -OCH3 is 1. The van der Waals surface area contributed by atoms with E-state index in [0.29, 0.717) is 15.1 Å². The molecule has 0 fully saturated rings. The molecule has 1 N–H and O–H groups in total. The third-order valence-corrected chi connectivity index (χ3v) is 5.82. The molecule has 0 aliphatic heterocycles. The molecular formula is C21H18ClN3O3S. The third kappa shape index (κ3) is 3.54. The monoisotopic (exact) mass is 427 g/mol. The molecule has 0 spiro atoms. The Labute approximate surface area is 175 Å². The number of ether oxygens (including phenoxy) is 1. The van der Waals surface area contributed by atoms with Crippen molar-refractivity contribution in [1.82, 2.24) is 9.38 Å². The van der Waals surface area contributed by atoms with E-state index in [2.05, 4.69) is 4.98 Å². The maximum Gasteiger partial charge on any atom is 0.274 e. The minimum atomic E-state index is -0.156. The fourth-order valence-electron chi connectivity index (χ4n) is 2.99. The Kier molecular flexibility index (Phi) is 4.94. The number of hydrogen-bond donors (Lipinski definition) is 1. The Morgan fingerprint density at radius 3 is 2.59 bits per heavy atom. The lowest BCUT2D eigenvalue weighted by Crippen LogP contribution is -2.22. The van der Waals surface area contributed by atoms with Crippen LogP contribution in [0.2, 0.25) is 5.02 Å². The van der Waals surface area contributed by atoms with E-state index >= 15 is 0 Å². The maximum atomic E-state index is 12.8. The summed E-state index contributed by atoms with van der Waals surface area (Å²) in [6, 6.07) is 11.2. The lowest BCUT2D eigenvalue weighted by Gasteiger charge is -2.12. The van der Waals surface area contributed by atoms with Crippen LogP contribution in [0, 0.1) is 0 Å². The predicted molar refractivity (Wildman–Crippen MR) is 118 cm³/mol. The highest BCUT2D eigenvalue weighted by Gasteiger charge is 2.12.